The van der Waals surface area contributed by atoms with E-state index < -0.39 is 23.8 Å². The summed E-state index contributed by atoms with van der Waals surface area (Å²) >= 11 is 0. The van der Waals surface area contributed by atoms with Gasteiger partial charge in [0.1, 0.15) is 0 Å². The molecule has 2 heterocycles. The largest absolute Gasteiger partial charge is 0.481 e. The zero-order chi connectivity index (χ0) is 20.4. The van der Waals surface area contributed by atoms with Gasteiger partial charge in [-0.25, -0.2) is 9.48 Å². The van der Waals surface area contributed by atoms with E-state index in [4.69, 9.17) is 5.73 Å². The van der Waals surface area contributed by atoms with Gasteiger partial charge in [-0.15, -0.1) is 0 Å². The van der Waals surface area contributed by atoms with Gasteiger partial charge in [-0.3, -0.25) is 9.59 Å². The normalized spacial score (nSPS) is 19.3. The lowest BCUT2D eigenvalue weighted by Gasteiger charge is -2.34. The zero-order valence-electron chi connectivity index (χ0n) is 15.8. The van der Waals surface area contributed by atoms with Crippen molar-refractivity contribution in [3.8, 4) is 5.69 Å². The molecule has 148 valence electrons. The van der Waals surface area contributed by atoms with E-state index >= 15 is 0 Å². The van der Waals surface area contributed by atoms with Crippen LogP contribution in [0.4, 0.5) is 10.5 Å². The number of piperidine rings is 1. The second-order valence-corrected chi connectivity index (χ2v) is 7.27. The summed E-state index contributed by atoms with van der Waals surface area (Å²) in [7, 11) is 0. The number of benzene rings is 1. The molecule has 1 aromatic heterocycles. The average Bonchev–Trinajstić information content (AvgIpc) is 3.07. The number of nitrogens with one attached hydrogen (secondary N) is 1. The molecule has 2 atom stereocenters. The Morgan fingerprint density at radius 3 is 2.64 bits per heavy atom. The molecule has 1 aliphatic heterocycles. The number of carboxylic acids is 1. The highest BCUT2D eigenvalue weighted by Gasteiger charge is 2.32. The molecule has 0 bridgehead atoms. The summed E-state index contributed by atoms with van der Waals surface area (Å²) in [4.78, 5) is 37.2. The van der Waals surface area contributed by atoms with Crippen LogP contribution in [-0.2, 0) is 4.79 Å². The van der Waals surface area contributed by atoms with Crippen molar-refractivity contribution in [1.29, 1.82) is 0 Å². The number of carboxylic acid groups (broad SMARTS) is 1. The molecular weight excluding hydrogens is 362 g/mol. The maximum Gasteiger partial charge on any atom is 0.321 e. The molecule has 3 amide bonds. The highest BCUT2D eigenvalue weighted by Crippen LogP contribution is 2.25. The Morgan fingerprint density at radius 1 is 1.29 bits per heavy atom. The van der Waals surface area contributed by atoms with Crippen molar-refractivity contribution in [2.45, 2.75) is 20.3 Å². The Balaban J connectivity index is 1.89. The number of aryl methyl sites for hydroxylation is 1. The Hall–Kier alpha value is -3.36. The van der Waals surface area contributed by atoms with Crippen LogP contribution < -0.4 is 11.1 Å². The van der Waals surface area contributed by atoms with Gasteiger partial charge in [-0.1, -0.05) is 6.92 Å². The van der Waals surface area contributed by atoms with Gasteiger partial charge in [0.15, 0.2) is 0 Å². The standard InChI is InChI=1S/C19H23N5O4/c1-11-5-14(18(26)27)10-23(8-11)19(28)22-15-6-13(17(20)25)3-4-16(15)24-9-12(2)7-21-24/h3-4,6-7,9,11,14H,5,8,10H2,1-2H3,(H2,20,25)(H,22,28)(H,26,27). The predicted molar refractivity (Wildman–Crippen MR) is 102 cm³/mol. The summed E-state index contributed by atoms with van der Waals surface area (Å²) in [5.74, 6) is -2.05. The van der Waals surface area contributed by atoms with E-state index in [0.717, 1.165) is 5.56 Å². The van der Waals surface area contributed by atoms with Crippen molar-refractivity contribution in [3.05, 3.63) is 41.7 Å². The maximum absolute atomic E-state index is 12.8. The Morgan fingerprint density at radius 2 is 2.04 bits per heavy atom. The molecule has 3 rings (SSSR count). The molecule has 0 radical (unpaired) electrons. The first kappa shape index (κ1) is 19.4. The number of aliphatic carboxylic acids is 1. The number of primary amides is 1. The van der Waals surface area contributed by atoms with Gasteiger partial charge >= 0.3 is 12.0 Å². The SMILES string of the molecule is Cc1cnn(-c2ccc(C(N)=O)cc2NC(=O)N2CC(C)CC(C(=O)O)C2)c1. The number of amides is 3. The second-order valence-electron chi connectivity index (χ2n) is 7.27. The van der Waals surface area contributed by atoms with Gasteiger partial charge in [-0.05, 0) is 43.0 Å². The third-order valence-corrected chi connectivity index (χ3v) is 4.78. The highest BCUT2D eigenvalue weighted by atomic mass is 16.4. The summed E-state index contributed by atoms with van der Waals surface area (Å²) in [6.45, 7) is 4.40. The number of nitrogens with zero attached hydrogens (tertiary/aromatic N) is 3. The van der Waals surface area contributed by atoms with Crippen LogP contribution >= 0.6 is 0 Å². The summed E-state index contributed by atoms with van der Waals surface area (Å²) in [6.07, 6.45) is 4.00. The first-order chi connectivity index (χ1) is 13.2. The number of carbonyl (C=O) groups excluding carboxylic acids is 2. The second kappa shape index (κ2) is 7.71. The molecule has 0 spiro atoms. The van der Waals surface area contributed by atoms with E-state index in [1.807, 2.05) is 13.8 Å². The molecule has 4 N–H and O–H groups in total. The van der Waals surface area contributed by atoms with Crippen molar-refractivity contribution < 1.29 is 19.5 Å². The van der Waals surface area contributed by atoms with Gasteiger partial charge in [0, 0.05) is 24.8 Å². The number of urea groups is 1. The Bertz CT molecular complexity index is 923. The average molecular weight is 385 g/mol. The lowest BCUT2D eigenvalue weighted by Crippen LogP contribution is -2.47. The highest BCUT2D eigenvalue weighted by molar-refractivity contribution is 5.97. The molecular formula is C19H23N5O4. The topological polar surface area (TPSA) is 131 Å². The Labute approximate surface area is 162 Å². The molecule has 1 saturated heterocycles. The Kier molecular flexibility index (Phi) is 5.34. The quantitative estimate of drug-likeness (QED) is 0.739. The molecule has 28 heavy (non-hydrogen) atoms. The minimum Gasteiger partial charge on any atom is -0.481 e. The maximum atomic E-state index is 12.8. The molecule has 1 aromatic carbocycles. The molecule has 9 nitrogen and oxygen atoms in total. The van der Waals surface area contributed by atoms with Crippen molar-refractivity contribution in [2.75, 3.05) is 18.4 Å². The minimum absolute atomic E-state index is 0.0748. The van der Waals surface area contributed by atoms with E-state index in [1.165, 1.54) is 11.0 Å². The van der Waals surface area contributed by atoms with Crippen molar-refractivity contribution >= 4 is 23.6 Å². The lowest BCUT2D eigenvalue weighted by atomic mass is 9.91. The zero-order valence-corrected chi connectivity index (χ0v) is 15.8. The fraction of sp³-hybridized carbons (Fsp3) is 0.368. The van der Waals surface area contributed by atoms with Gasteiger partial charge in [0.25, 0.3) is 0 Å². The monoisotopic (exact) mass is 385 g/mol. The molecule has 9 heteroatoms. The van der Waals surface area contributed by atoms with Gasteiger partial charge in [-0.2, -0.15) is 5.10 Å². The van der Waals surface area contributed by atoms with E-state index in [2.05, 4.69) is 10.4 Å². The van der Waals surface area contributed by atoms with Crippen molar-refractivity contribution in [1.82, 2.24) is 14.7 Å². The van der Waals surface area contributed by atoms with E-state index in [0.29, 0.717) is 24.3 Å². The van der Waals surface area contributed by atoms with Crippen LogP contribution in [0.1, 0.15) is 29.3 Å². The van der Waals surface area contributed by atoms with Crippen LogP contribution in [0.15, 0.2) is 30.6 Å². The van der Waals surface area contributed by atoms with Crippen LogP contribution in [0.3, 0.4) is 0 Å². The first-order valence-corrected chi connectivity index (χ1v) is 8.99. The van der Waals surface area contributed by atoms with E-state index in [1.54, 1.807) is 29.2 Å². The number of hydrogen-bond acceptors (Lipinski definition) is 4. The van der Waals surface area contributed by atoms with Gasteiger partial charge in [0.2, 0.25) is 5.91 Å². The predicted octanol–water partition coefficient (Wildman–Crippen LogP) is 1.85. The number of carbonyl (C=O) groups is 3. The number of likely N-dealkylation sites (tertiary alicyclic amines) is 1. The number of anilines is 1. The molecule has 1 aliphatic rings. The van der Waals surface area contributed by atoms with Crippen LogP contribution in [0.5, 0.6) is 0 Å². The van der Waals surface area contributed by atoms with Gasteiger partial charge in [0.05, 0.1) is 23.5 Å². The summed E-state index contributed by atoms with van der Waals surface area (Å²) in [6, 6.07) is 4.29. The third kappa shape index (κ3) is 4.13. The first-order valence-electron chi connectivity index (χ1n) is 8.99. The van der Waals surface area contributed by atoms with Crippen molar-refractivity contribution in [3.63, 3.8) is 0 Å². The summed E-state index contributed by atoms with van der Waals surface area (Å²) in [5.41, 5.74) is 7.50. The summed E-state index contributed by atoms with van der Waals surface area (Å²) < 4.78 is 1.59. The molecule has 2 aromatic rings. The lowest BCUT2D eigenvalue weighted by molar-refractivity contribution is -0.143. The summed E-state index contributed by atoms with van der Waals surface area (Å²) in [5, 5.41) is 16.4. The smallest absolute Gasteiger partial charge is 0.321 e. The number of rotatable bonds is 4. The minimum atomic E-state index is -0.909. The molecule has 0 aliphatic carbocycles. The van der Waals surface area contributed by atoms with Crippen LogP contribution in [-0.4, -0.2) is 50.8 Å². The number of hydrogen-bond donors (Lipinski definition) is 3. The van der Waals surface area contributed by atoms with Crippen LogP contribution in [0, 0.1) is 18.8 Å². The molecule has 1 fully saturated rings. The van der Waals surface area contributed by atoms with Crippen LogP contribution in [0.2, 0.25) is 0 Å². The molecule has 0 saturated carbocycles. The third-order valence-electron chi connectivity index (χ3n) is 4.78. The van der Waals surface area contributed by atoms with E-state index in [9.17, 15) is 19.5 Å². The fourth-order valence-corrected chi connectivity index (χ4v) is 3.42. The molecule has 2 unspecified atom stereocenters. The van der Waals surface area contributed by atoms with Crippen LogP contribution in [0.25, 0.3) is 5.69 Å². The fourth-order valence-electron chi connectivity index (χ4n) is 3.42. The van der Waals surface area contributed by atoms with Gasteiger partial charge < -0.3 is 21.1 Å². The number of nitrogens with two attached hydrogens (primary N) is 1. The number of aromatic nitrogens is 2. The van der Waals surface area contributed by atoms with Crippen molar-refractivity contribution in [2.24, 2.45) is 17.6 Å². The van der Waals surface area contributed by atoms with E-state index in [-0.39, 0.29) is 18.0 Å².